The van der Waals surface area contributed by atoms with Gasteiger partial charge in [0.25, 0.3) is 5.91 Å². The average molecular weight is 339 g/mol. The zero-order chi connectivity index (χ0) is 18.1. The van der Waals surface area contributed by atoms with Gasteiger partial charge in [-0.25, -0.2) is 5.43 Å². The fraction of sp³-hybridized carbons (Fsp3) is 0.300. The van der Waals surface area contributed by atoms with E-state index >= 15 is 0 Å². The van der Waals surface area contributed by atoms with Gasteiger partial charge in [-0.3, -0.25) is 4.79 Å². The number of para-hydroxylation sites is 1. The third-order valence-electron chi connectivity index (χ3n) is 3.83. The summed E-state index contributed by atoms with van der Waals surface area (Å²) in [4.78, 5) is 14.5. The van der Waals surface area contributed by atoms with E-state index in [1.54, 1.807) is 24.4 Å². The highest BCUT2D eigenvalue weighted by molar-refractivity contribution is 5.97. The number of hydrogen-bond acceptors (Lipinski definition) is 4. The van der Waals surface area contributed by atoms with Crippen molar-refractivity contribution in [3.05, 3.63) is 59.7 Å². The van der Waals surface area contributed by atoms with E-state index in [2.05, 4.69) is 41.4 Å². The van der Waals surface area contributed by atoms with Crippen LogP contribution in [0.4, 0.5) is 5.69 Å². The molecular weight excluding hydrogens is 314 g/mol. The highest BCUT2D eigenvalue weighted by Crippen LogP contribution is 2.17. The zero-order valence-electron chi connectivity index (χ0n) is 15.0. The van der Waals surface area contributed by atoms with Gasteiger partial charge >= 0.3 is 0 Å². The molecule has 0 saturated heterocycles. The lowest BCUT2D eigenvalue weighted by molar-refractivity contribution is 0.0951. The number of hydrazone groups is 1. The fourth-order valence-electron chi connectivity index (χ4n) is 2.52. The van der Waals surface area contributed by atoms with Crippen LogP contribution in [0.3, 0.4) is 0 Å². The Hall–Kier alpha value is -2.82. The first-order valence-corrected chi connectivity index (χ1v) is 8.59. The monoisotopic (exact) mass is 339 g/mol. The summed E-state index contributed by atoms with van der Waals surface area (Å²) in [6.07, 6.45) is 1.63. The second-order valence-corrected chi connectivity index (χ2v) is 5.39. The first-order valence-electron chi connectivity index (χ1n) is 8.59. The van der Waals surface area contributed by atoms with Gasteiger partial charge in [-0.15, -0.1) is 0 Å². The van der Waals surface area contributed by atoms with Crippen LogP contribution in [0.1, 0.15) is 36.7 Å². The molecule has 2 rings (SSSR count). The van der Waals surface area contributed by atoms with E-state index in [0.29, 0.717) is 17.9 Å². The molecule has 132 valence electrons. The summed E-state index contributed by atoms with van der Waals surface area (Å²) in [5.74, 6) is 0.265. The number of nitrogens with zero attached hydrogens (tertiary/aromatic N) is 2. The lowest BCUT2D eigenvalue weighted by atomic mass is 10.2. The SMILES string of the molecule is CCOc1ccccc1C(=O)N/N=C/c1ccc(N(CC)CC)cc1. The topological polar surface area (TPSA) is 53.9 Å². The Morgan fingerprint density at radius 2 is 1.76 bits per heavy atom. The molecule has 0 atom stereocenters. The van der Waals surface area contributed by atoms with Crippen LogP contribution in [-0.4, -0.2) is 31.8 Å². The number of benzene rings is 2. The predicted molar refractivity (Wildman–Crippen MR) is 103 cm³/mol. The lowest BCUT2D eigenvalue weighted by Gasteiger charge is -2.20. The third-order valence-corrected chi connectivity index (χ3v) is 3.83. The maximum absolute atomic E-state index is 12.2. The summed E-state index contributed by atoms with van der Waals surface area (Å²) < 4.78 is 5.46. The van der Waals surface area contributed by atoms with E-state index in [9.17, 15) is 4.79 Å². The summed E-state index contributed by atoms with van der Waals surface area (Å²) in [5.41, 5.74) is 5.12. The second kappa shape index (κ2) is 9.47. The number of nitrogens with one attached hydrogen (secondary N) is 1. The molecule has 0 unspecified atom stereocenters. The van der Waals surface area contributed by atoms with Crippen molar-refractivity contribution in [2.24, 2.45) is 5.10 Å². The molecule has 0 heterocycles. The standard InChI is InChI=1S/C20H25N3O2/c1-4-23(5-2)17-13-11-16(12-14-17)15-21-22-20(24)18-9-7-8-10-19(18)25-6-3/h7-15H,4-6H2,1-3H3,(H,22,24)/b21-15+. The van der Waals surface area contributed by atoms with Crippen molar-refractivity contribution in [3.8, 4) is 5.75 Å². The Morgan fingerprint density at radius 3 is 2.40 bits per heavy atom. The third kappa shape index (κ3) is 5.08. The molecule has 0 bridgehead atoms. The second-order valence-electron chi connectivity index (χ2n) is 5.39. The van der Waals surface area contributed by atoms with E-state index < -0.39 is 0 Å². The van der Waals surface area contributed by atoms with Gasteiger partial charge < -0.3 is 9.64 Å². The minimum absolute atomic E-state index is 0.292. The highest BCUT2D eigenvalue weighted by atomic mass is 16.5. The van der Waals surface area contributed by atoms with Gasteiger partial charge in [0.05, 0.1) is 18.4 Å². The van der Waals surface area contributed by atoms with Crippen LogP contribution in [0.25, 0.3) is 0 Å². The van der Waals surface area contributed by atoms with E-state index in [0.717, 1.165) is 18.7 Å². The summed E-state index contributed by atoms with van der Waals surface area (Å²) >= 11 is 0. The molecule has 2 aromatic carbocycles. The predicted octanol–water partition coefficient (Wildman–Crippen LogP) is 3.70. The quantitative estimate of drug-likeness (QED) is 0.589. The Morgan fingerprint density at radius 1 is 1.08 bits per heavy atom. The number of ether oxygens (including phenoxy) is 1. The van der Waals surface area contributed by atoms with Crippen molar-refractivity contribution in [2.75, 3.05) is 24.6 Å². The molecule has 5 heteroatoms. The van der Waals surface area contributed by atoms with Crippen LogP contribution in [-0.2, 0) is 0 Å². The first kappa shape index (κ1) is 18.5. The first-order chi connectivity index (χ1) is 12.2. The maximum atomic E-state index is 12.2. The van der Waals surface area contributed by atoms with Crippen molar-refractivity contribution >= 4 is 17.8 Å². The largest absolute Gasteiger partial charge is 0.493 e. The molecule has 0 radical (unpaired) electrons. The molecule has 0 aliphatic carbocycles. The van der Waals surface area contributed by atoms with E-state index in [1.807, 2.05) is 25.1 Å². The molecule has 0 aliphatic rings. The van der Waals surface area contributed by atoms with Crippen LogP contribution in [0.5, 0.6) is 5.75 Å². The summed E-state index contributed by atoms with van der Waals surface area (Å²) in [6, 6.07) is 15.2. The molecule has 5 nitrogen and oxygen atoms in total. The number of amides is 1. The van der Waals surface area contributed by atoms with Crippen LogP contribution >= 0.6 is 0 Å². The summed E-state index contributed by atoms with van der Waals surface area (Å²) in [6.45, 7) is 8.60. The fourth-order valence-corrected chi connectivity index (χ4v) is 2.52. The molecule has 0 fully saturated rings. The molecule has 0 spiro atoms. The lowest BCUT2D eigenvalue weighted by Crippen LogP contribution is -2.21. The van der Waals surface area contributed by atoms with Gasteiger partial charge in [0, 0.05) is 18.8 Å². The Kier molecular flexibility index (Phi) is 7.01. The van der Waals surface area contributed by atoms with E-state index in [4.69, 9.17) is 4.74 Å². The molecule has 1 N–H and O–H groups in total. The smallest absolute Gasteiger partial charge is 0.275 e. The van der Waals surface area contributed by atoms with Gasteiger partial charge in [-0.05, 0) is 50.6 Å². The molecule has 0 saturated carbocycles. The van der Waals surface area contributed by atoms with Crippen molar-refractivity contribution in [2.45, 2.75) is 20.8 Å². The minimum Gasteiger partial charge on any atom is -0.493 e. The summed E-state index contributed by atoms with van der Waals surface area (Å²) in [5, 5.41) is 4.04. The van der Waals surface area contributed by atoms with Crippen LogP contribution < -0.4 is 15.1 Å². The number of carbonyl (C=O) groups excluding carboxylic acids is 1. The van der Waals surface area contributed by atoms with Crippen LogP contribution in [0, 0.1) is 0 Å². The molecule has 1 amide bonds. The van der Waals surface area contributed by atoms with Gasteiger partial charge in [-0.1, -0.05) is 24.3 Å². The Labute approximate surface area is 149 Å². The van der Waals surface area contributed by atoms with Gasteiger partial charge in [0.2, 0.25) is 0 Å². The van der Waals surface area contributed by atoms with Crippen molar-refractivity contribution in [1.82, 2.24) is 5.43 Å². The molecule has 0 aliphatic heterocycles. The van der Waals surface area contributed by atoms with Crippen molar-refractivity contribution < 1.29 is 9.53 Å². The van der Waals surface area contributed by atoms with Crippen LogP contribution in [0.15, 0.2) is 53.6 Å². The van der Waals surface area contributed by atoms with Crippen molar-refractivity contribution in [3.63, 3.8) is 0 Å². The zero-order valence-corrected chi connectivity index (χ0v) is 15.0. The number of carbonyl (C=O) groups is 1. The maximum Gasteiger partial charge on any atom is 0.275 e. The van der Waals surface area contributed by atoms with Crippen LogP contribution in [0.2, 0.25) is 0 Å². The van der Waals surface area contributed by atoms with E-state index in [1.165, 1.54) is 5.69 Å². The summed E-state index contributed by atoms with van der Waals surface area (Å²) in [7, 11) is 0. The Bertz CT molecular complexity index is 707. The average Bonchev–Trinajstić information content (AvgIpc) is 2.64. The van der Waals surface area contributed by atoms with Gasteiger partial charge in [0.1, 0.15) is 5.75 Å². The molecule has 25 heavy (non-hydrogen) atoms. The number of rotatable bonds is 8. The molecule has 0 aromatic heterocycles. The molecule has 2 aromatic rings. The number of hydrogen-bond donors (Lipinski definition) is 1. The normalized spacial score (nSPS) is 10.7. The van der Waals surface area contributed by atoms with Gasteiger partial charge in [0.15, 0.2) is 0 Å². The minimum atomic E-state index is -0.292. The van der Waals surface area contributed by atoms with Crippen molar-refractivity contribution in [1.29, 1.82) is 0 Å². The van der Waals surface area contributed by atoms with E-state index in [-0.39, 0.29) is 5.91 Å². The highest BCUT2D eigenvalue weighted by Gasteiger charge is 2.10. The van der Waals surface area contributed by atoms with Gasteiger partial charge in [-0.2, -0.15) is 5.10 Å². The molecular formula is C20H25N3O2. The Balaban J connectivity index is 2.00. The number of anilines is 1.